The molecule has 2 rings (SSSR count). The van der Waals surface area contributed by atoms with Crippen LogP contribution in [-0.4, -0.2) is 28.1 Å². The first-order valence-electron chi connectivity index (χ1n) is 8.07. The van der Waals surface area contributed by atoms with Crippen molar-refractivity contribution in [1.82, 2.24) is 9.88 Å². The number of rotatable bonds is 7. The van der Waals surface area contributed by atoms with E-state index in [2.05, 4.69) is 41.1 Å². The minimum atomic E-state index is 0.108. The number of pyridine rings is 1. The van der Waals surface area contributed by atoms with Crippen LogP contribution >= 0.6 is 0 Å². The van der Waals surface area contributed by atoms with Crippen LogP contribution in [0.4, 0.5) is 0 Å². The standard InChI is InChI=1S/C19H26N2O2/c1-14-5-7-17(8-6-14)12-21(9-4-10-22)13-18-16(3)19(23)15(2)11-20-18/h5-8,11,22H,4,9-10,12-13H2,1-3H3,(H,20,23). The van der Waals surface area contributed by atoms with Crippen molar-refractivity contribution in [3.05, 3.63) is 68.6 Å². The number of aliphatic hydroxyl groups excluding tert-OH is 1. The van der Waals surface area contributed by atoms with Gasteiger partial charge in [0.25, 0.3) is 0 Å². The molecule has 0 unspecified atom stereocenters. The number of aromatic nitrogens is 1. The van der Waals surface area contributed by atoms with Gasteiger partial charge in [-0.1, -0.05) is 29.8 Å². The molecule has 2 aromatic rings. The van der Waals surface area contributed by atoms with Crippen LogP contribution in [0.1, 0.15) is 34.4 Å². The minimum absolute atomic E-state index is 0.108. The Morgan fingerprint density at radius 2 is 1.78 bits per heavy atom. The second-order valence-electron chi connectivity index (χ2n) is 6.18. The molecular weight excluding hydrogens is 288 g/mol. The van der Waals surface area contributed by atoms with Gasteiger partial charge in [0, 0.05) is 49.3 Å². The van der Waals surface area contributed by atoms with E-state index in [9.17, 15) is 4.79 Å². The Labute approximate surface area is 137 Å². The van der Waals surface area contributed by atoms with Crippen molar-refractivity contribution < 1.29 is 5.11 Å². The lowest BCUT2D eigenvalue weighted by molar-refractivity contribution is 0.210. The van der Waals surface area contributed by atoms with Crippen LogP contribution in [0.2, 0.25) is 0 Å². The van der Waals surface area contributed by atoms with Crippen molar-refractivity contribution in [2.24, 2.45) is 0 Å². The van der Waals surface area contributed by atoms with E-state index in [1.807, 2.05) is 13.8 Å². The first kappa shape index (κ1) is 17.4. The summed E-state index contributed by atoms with van der Waals surface area (Å²) in [5.74, 6) is 0. The quantitative estimate of drug-likeness (QED) is 0.826. The van der Waals surface area contributed by atoms with Crippen LogP contribution in [-0.2, 0) is 13.1 Å². The van der Waals surface area contributed by atoms with E-state index >= 15 is 0 Å². The fourth-order valence-corrected chi connectivity index (χ4v) is 2.65. The average Bonchev–Trinajstić information content (AvgIpc) is 2.55. The molecule has 1 aromatic carbocycles. The van der Waals surface area contributed by atoms with E-state index in [1.54, 1.807) is 6.20 Å². The van der Waals surface area contributed by atoms with Gasteiger partial charge < -0.3 is 10.1 Å². The molecular formula is C19H26N2O2. The molecule has 0 spiro atoms. The van der Waals surface area contributed by atoms with E-state index in [4.69, 9.17) is 5.11 Å². The molecule has 4 heteroatoms. The molecule has 0 radical (unpaired) electrons. The number of nitrogens with zero attached hydrogens (tertiary/aromatic N) is 1. The van der Waals surface area contributed by atoms with Crippen molar-refractivity contribution in [2.75, 3.05) is 13.2 Å². The molecule has 4 nitrogen and oxygen atoms in total. The Hall–Kier alpha value is -1.91. The Balaban J connectivity index is 2.16. The van der Waals surface area contributed by atoms with Crippen LogP contribution in [0.3, 0.4) is 0 Å². The summed E-state index contributed by atoms with van der Waals surface area (Å²) in [4.78, 5) is 17.6. The van der Waals surface area contributed by atoms with Crippen molar-refractivity contribution >= 4 is 0 Å². The number of H-pyrrole nitrogens is 1. The predicted molar refractivity (Wildman–Crippen MR) is 93.5 cm³/mol. The first-order chi connectivity index (χ1) is 11.0. The van der Waals surface area contributed by atoms with Crippen molar-refractivity contribution in [2.45, 2.75) is 40.3 Å². The van der Waals surface area contributed by atoms with Gasteiger partial charge in [0.2, 0.25) is 0 Å². The molecule has 1 heterocycles. The van der Waals surface area contributed by atoms with Gasteiger partial charge in [-0.3, -0.25) is 9.69 Å². The van der Waals surface area contributed by atoms with Crippen LogP contribution in [0.15, 0.2) is 35.3 Å². The Kier molecular flexibility index (Phi) is 6.13. The van der Waals surface area contributed by atoms with Crippen LogP contribution in [0, 0.1) is 20.8 Å². The zero-order valence-electron chi connectivity index (χ0n) is 14.2. The lowest BCUT2D eigenvalue weighted by atomic mass is 10.1. The minimum Gasteiger partial charge on any atom is -0.396 e. The van der Waals surface area contributed by atoms with E-state index in [0.29, 0.717) is 6.54 Å². The summed E-state index contributed by atoms with van der Waals surface area (Å²) >= 11 is 0. The molecule has 23 heavy (non-hydrogen) atoms. The van der Waals surface area contributed by atoms with Gasteiger partial charge in [0.05, 0.1) is 0 Å². The molecule has 1 aromatic heterocycles. The van der Waals surface area contributed by atoms with E-state index in [0.717, 1.165) is 36.3 Å². The number of benzene rings is 1. The monoisotopic (exact) mass is 314 g/mol. The van der Waals surface area contributed by atoms with Gasteiger partial charge in [0.15, 0.2) is 5.43 Å². The maximum Gasteiger partial charge on any atom is 0.187 e. The molecule has 0 saturated carbocycles. The topological polar surface area (TPSA) is 56.3 Å². The van der Waals surface area contributed by atoms with Gasteiger partial charge in [-0.25, -0.2) is 0 Å². The first-order valence-corrected chi connectivity index (χ1v) is 8.07. The highest BCUT2D eigenvalue weighted by molar-refractivity contribution is 5.24. The van der Waals surface area contributed by atoms with Gasteiger partial charge >= 0.3 is 0 Å². The normalized spacial score (nSPS) is 11.2. The highest BCUT2D eigenvalue weighted by Gasteiger charge is 2.11. The zero-order chi connectivity index (χ0) is 16.8. The number of hydrogen-bond acceptors (Lipinski definition) is 3. The molecule has 0 bridgehead atoms. The van der Waals surface area contributed by atoms with Crippen molar-refractivity contribution in [3.8, 4) is 0 Å². The lowest BCUT2D eigenvalue weighted by Crippen LogP contribution is -2.27. The molecule has 0 aliphatic heterocycles. The Morgan fingerprint density at radius 3 is 2.43 bits per heavy atom. The summed E-state index contributed by atoms with van der Waals surface area (Å²) in [5.41, 5.74) is 5.06. The Bertz CT molecular complexity index is 690. The summed E-state index contributed by atoms with van der Waals surface area (Å²) < 4.78 is 0. The van der Waals surface area contributed by atoms with Crippen molar-refractivity contribution in [1.29, 1.82) is 0 Å². The Morgan fingerprint density at radius 1 is 1.09 bits per heavy atom. The van der Waals surface area contributed by atoms with Crippen LogP contribution < -0.4 is 5.43 Å². The summed E-state index contributed by atoms with van der Waals surface area (Å²) in [5, 5.41) is 9.13. The lowest BCUT2D eigenvalue weighted by Gasteiger charge is -2.23. The molecule has 124 valence electrons. The highest BCUT2D eigenvalue weighted by atomic mass is 16.3. The van der Waals surface area contributed by atoms with E-state index in [-0.39, 0.29) is 12.0 Å². The fraction of sp³-hybridized carbons (Fsp3) is 0.421. The van der Waals surface area contributed by atoms with Crippen LogP contribution in [0.25, 0.3) is 0 Å². The highest BCUT2D eigenvalue weighted by Crippen LogP contribution is 2.12. The second-order valence-corrected chi connectivity index (χ2v) is 6.18. The number of nitrogens with one attached hydrogen (secondary N) is 1. The number of hydrogen-bond donors (Lipinski definition) is 2. The SMILES string of the molecule is Cc1ccc(CN(CCCO)Cc2[nH]cc(C)c(=O)c2C)cc1. The molecule has 0 aliphatic carbocycles. The number of aromatic amines is 1. The maximum atomic E-state index is 12.1. The van der Waals surface area contributed by atoms with Gasteiger partial charge in [0.1, 0.15) is 0 Å². The van der Waals surface area contributed by atoms with Gasteiger partial charge in [-0.05, 0) is 32.8 Å². The number of aliphatic hydroxyl groups is 1. The third-order valence-electron chi connectivity index (χ3n) is 4.16. The summed E-state index contributed by atoms with van der Waals surface area (Å²) in [6.07, 6.45) is 2.50. The summed E-state index contributed by atoms with van der Waals surface area (Å²) in [6.45, 7) is 8.22. The fourth-order valence-electron chi connectivity index (χ4n) is 2.65. The molecule has 2 N–H and O–H groups in total. The van der Waals surface area contributed by atoms with Crippen LogP contribution in [0.5, 0.6) is 0 Å². The average molecular weight is 314 g/mol. The third-order valence-corrected chi connectivity index (χ3v) is 4.16. The molecule has 0 aliphatic rings. The molecule has 0 fully saturated rings. The zero-order valence-corrected chi connectivity index (χ0v) is 14.2. The van der Waals surface area contributed by atoms with E-state index < -0.39 is 0 Å². The largest absolute Gasteiger partial charge is 0.396 e. The van der Waals surface area contributed by atoms with Gasteiger partial charge in [-0.2, -0.15) is 0 Å². The molecule has 0 amide bonds. The number of aryl methyl sites for hydroxylation is 2. The van der Waals surface area contributed by atoms with Gasteiger partial charge in [-0.15, -0.1) is 0 Å². The maximum absolute atomic E-state index is 12.1. The molecule has 0 atom stereocenters. The summed E-state index contributed by atoms with van der Waals surface area (Å²) in [7, 11) is 0. The smallest absolute Gasteiger partial charge is 0.187 e. The van der Waals surface area contributed by atoms with E-state index in [1.165, 1.54) is 11.1 Å². The second kappa shape index (κ2) is 8.09. The third kappa shape index (κ3) is 4.78. The predicted octanol–water partition coefficient (Wildman–Crippen LogP) is 2.68. The summed E-state index contributed by atoms with van der Waals surface area (Å²) in [6, 6.07) is 8.48. The molecule has 0 saturated heterocycles. The van der Waals surface area contributed by atoms with Crippen molar-refractivity contribution in [3.63, 3.8) is 0 Å².